The fourth-order valence-electron chi connectivity index (χ4n) is 4.60. The first-order valence-corrected chi connectivity index (χ1v) is 13.2. The number of amides is 1. The molecule has 2 aromatic carbocycles. The number of benzene rings is 2. The minimum absolute atomic E-state index is 0.0155. The maximum absolute atomic E-state index is 13.3. The van der Waals surface area contributed by atoms with Crippen molar-refractivity contribution in [2.45, 2.75) is 19.9 Å². The Balaban J connectivity index is 1.13. The van der Waals surface area contributed by atoms with Crippen LogP contribution in [0.4, 0.5) is 21.6 Å². The summed E-state index contributed by atoms with van der Waals surface area (Å²) >= 11 is 0. The second-order valence-corrected chi connectivity index (χ2v) is 9.49. The van der Waals surface area contributed by atoms with Crippen molar-refractivity contribution >= 4 is 34.0 Å². The predicted octanol–water partition coefficient (Wildman–Crippen LogP) is 3.75. The van der Waals surface area contributed by atoms with Gasteiger partial charge in [-0.1, -0.05) is 13.0 Å². The molecule has 1 amide bonds. The van der Waals surface area contributed by atoms with Crippen molar-refractivity contribution in [1.82, 2.24) is 29.5 Å². The average molecular weight is 533 g/mol. The quantitative estimate of drug-likeness (QED) is 0.282. The lowest BCUT2D eigenvalue weighted by Crippen LogP contribution is -2.46. The summed E-state index contributed by atoms with van der Waals surface area (Å²) in [7, 11) is 0. The lowest BCUT2D eigenvalue weighted by atomic mass is 10.2. The van der Waals surface area contributed by atoms with Crippen molar-refractivity contribution in [3.8, 4) is 5.75 Å². The topological polar surface area (TPSA) is 100 Å². The van der Waals surface area contributed by atoms with Gasteiger partial charge >= 0.3 is 0 Å². The second kappa shape index (κ2) is 12.6. The monoisotopic (exact) mass is 532 g/mol. The summed E-state index contributed by atoms with van der Waals surface area (Å²) in [6.07, 6.45) is 5.80. The molecular formula is C28H33FN8O2. The maximum Gasteiger partial charge on any atom is 0.246 e. The Morgan fingerprint density at radius 1 is 1.05 bits per heavy atom. The molecule has 0 bridgehead atoms. The Hall–Kier alpha value is -4.09. The third-order valence-corrected chi connectivity index (χ3v) is 6.72. The molecule has 2 N–H and O–H groups in total. The zero-order valence-corrected chi connectivity index (χ0v) is 22.0. The number of aromatic nitrogens is 4. The molecule has 204 valence electrons. The molecule has 0 atom stereocenters. The molecule has 0 unspecified atom stereocenters. The smallest absolute Gasteiger partial charge is 0.246 e. The van der Waals surface area contributed by atoms with E-state index in [1.807, 2.05) is 18.2 Å². The van der Waals surface area contributed by atoms with E-state index in [1.54, 1.807) is 24.5 Å². The fraction of sp³-hybridized carbons (Fsp3) is 0.357. The molecule has 0 spiro atoms. The molecule has 1 saturated heterocycles. The van der Waals surface area contributed by atoms with Crippen LogP contribution < -0.4 is 15.4 Å². The van der Waals surface area contributed by atoms with E-state index in [1.165, 1.54) is 23.1 Å². The first kappa shape index (κ1) is 26.5. The summed E-state index contributed by atoms with van der Waals surface area (Å²) in [5.41, 5.74) is 1.84. The molecule has 39 heavy (non-hydrogen) atoms. The van der Waals surface area contributed by atoms with Gasteiger partial charge in [-0.3, -0.25) is 9.48 Å². The highest BCUT2D eigenvalue weighted by Crippen LogP contribution is 2.26. The number of carbonyl (C=O) groups is 1. The molecule has 0 saturated carbocycles. The molecule has 2 aromatic heterocycles. The highest BCUT2D eigenvalue weighted by Gasteiger charge is 2.15. The Kier molecular flexibility index (Phi) is 8.59. The van der Waals surface area contributed by atoms with Crippen LogP contribution in [-0.4, -0.2) is 81.3 Å². The number of nitrogens with zero attached hydrogens (tertiary/aromatic N) is 6. The molecule has 1 aliphatic heterocycles. The summed E-state index contributed by atoms with van der Waals surface area (Å²) in [5.74, 6) is 0.682. The zero-order valence-electron chi connectivity index (χ0n) is 22.0. The number of hydrogen-bond acceptors (Lipinski definition) is 8. The Morgan fingerprint density at radius 3 is 2.72 bits per heavy atom. The maximum atomic E-state index is 13.3. The van der Waals surface area contributed by atoms with Gasteiger partial charge in [0.05, 0.1) is 24.0 Å². The number of hydrogen-bond donors (Lipinski definition) is 2. The van der Waals surface area contributed by atoms with Crippen LogP contribution in [-0.2, 0) is 11.3 Å². The molecule has 1 aliphatic rings. The number of carbonyl (C=O) groups excluding carboxylic acids is 1. The number of rotatable bonds is 11. The van der Waals surface area contributed by atoms with Crippen molar-refractivity contribution in [2.24, 2.45) is 0 Å². The van der Waals surface area contributed by atoms with E-state index in [0.29, 0.717) is 23.8 Å². The van der Waals surface area contributed by atoms with Crippen LogP contribution in [0.3, 0.4) is 0 Å². The van der Waals surface area contributed by atoms with Gasteiger partial charge < -0.3 is 25.2 Å². The van der Waals surface area contributed by atoms with Crippen LogP contribution in [0.25, 0.3) is 10.9 Å². The molecule has 11 heteroatoms. The minimum atomic E-state index is -0.411. The molecule has 0 aliphatic carbocycles. The van der Waals surface area contributed by atoms with Gasteiger partial charge in [-0.05, 0) is 43.3 Å². The van der Waals surface area contributed by atoms with E-state index in [-0.39, 0.29) is 12.5 Å². The van der Waals surface area contributed by atoms with E-state index in [9.17, 15) is 9.18 Å². The van der Waals surface area contributed by atoms with E-state index in [4.69, 9.17) is 4.74 Å². The average Bonchev–Trinajstić information content (AvgIpc) is 3.37. The van der Waals surface area contributed by atoms with Gasteiger partial charge in [0, 0.05) is 56.1 Å². The molecule has 5 rings (SSSR count). The second-order valence-electron chi connectivity index (χ2n) is 9.49. The summed E-state index contributed by atoms with van der Waals surface area (Å²) in [4.78, 5) is 26.1. The summed E-state index contributed by atoms with van der Waals surface area (Å²) < 4.78 is 20.8. The summed E-state index contributed by atoms with van der Waals surface area (Å²) in [6.45, 7) is 9.56. The predicted molar refractivity (Wildman–Crippen MR) is 149 cm³/mol. The van der Waals surface area contributed by atoms with E-state index >= 15 is 0 Å². The Morgan fingerprint density at radius 2 is 1.90 bits per heavy atom. The van der Waals surface area contributed by atoms with Gasteiger partial charge in [0.2, 0.25) is 5.91 Å². The van der Waals surface area contributed by atoms with Crippen LogP contribution in [0.2, 0.25) is 0 Å². The van der Waals surface area contributed by atoms with Crippen molar-refractivity contribution in [3.05, 3.63) is 67.0 Å². The van der Waals surface area contributed by atoms with Gasteiger partial charge in [0.25, 0.3) is 0 Å². The fourth-order valence-corrected chi connectivity index (χ4v) is 4.60. The normalized spacial score (nSPS) is 14.4. The SMILES string of the molecule is CCN1CCN(CCCOc2ccc3c(Nc4cnn(CC(=O)Nc5cccc(F)c5)c4)ncnc3c2)CC1. The van der Waals surface area contributed by atoms with Crippen LogP contribution in [0.1, 0.15) is 13.3 Å². The van der Waals surface area contributed by atoms with Gasteiger partial charge in [-0.25, -0.2) is 14.4 Å². The van der Waals surface area contributed by atoms with E-state index in [0.717, 1.165) is 62.3 Å². The molecule has 10 nitrogen and oxygen atoms in total. The van der Waals surface area contributed by atoms with Gasteiger partial charge in [-0.2, -0.15) is 5.10 Å². The van der Waals surface area contributed by atoms with Gasteiger partial charge in [0.15, 0.2) is 0 Å². The van der Waals surface area contributed by atoms with Gasteiger partial charge in [-0.15, -0.1) is 0 Å². The van der Waals surface area contributed by atoms with Crippen LogP contribution in [0, 0.1) is 5.82 Å². The van der Waals surface area contributed by atoms with Crippen molar-refractivity contribution < 1.29 is 13.9 Å². The Bertz CT molecular complexity index is 1400. The number of anilines is 3. The molecule has 1 fully saturated rings. The van der Waals surface area contributed by atoms with Crippen LogP contribution >= 0.6 is 0 Å². The number of halogens is 1. The molecular weight excluding hydrogens is 499 g/mol. The summed E-state index contributed by atoms with van der Waals surface area (Å²) in [6, 6.07) is 11.5. The highest BCUT2D eigenvalue weighted by atomic mass is 19.1. The number of ether oxygens (including phenoxy) is 1. The minimum Gasteiger partial charge on any atom is -0.493 e. The first-order chi connectivity index (χ1) is 19.1. The van der Waals surface area contributed by atoms with E-state index in [2.05, 4.69) is 42.4 Å². The Labute approximate surface area is 226 Å². The molecule has 4 aromatic rings. The zero-order chi connectivity index (χ0) is 27.0. The van der Waals surface area contributed by atoms with Crippen molar-refractivity contribution in [3.63, 3.8) is 0 Å². The van der Waals surface area contributed by atoms with Crippen LogP contribution in [0.15, 0.2) is 61.2 Å². The highest BCUT2D eigenvalue weighted by molar-refractivity contribution is 5.92. The van der Waals surface area contributed by atoms with Crippen LogP contribution in [0.5, 0.6) is 5.75 Å². The van der Waals surface area contributed by atoms with E-state index < -0.39 is 5.82 Å². The first-order valence-electron chi connectivity index (χ1n) is 13.2. The number of nitrogens with one attached hydrogen (secondary N) is 2. The lowest BCUT2D eigenvalue weighted by molar-refractivity contribution is -0.116. The van der Waals surface area contributed by atoms with Crippen molar-refractivity contribution in [1.29, 1.82) is 0 Å². The van der Waals surface area contributed by atoms with Crippen molar-refractivity contribution in [2.75, 3.05) is 56.5 Å². The molecule has 0 radical (unpaired) electrons. The number of fused-ring (bicyclic) bond motifs is 1. The van der Waals surface area contributed by atoms with Gasteiger partial charge in [0.1, 0.15) is 30.3 Å². The largest absolute Gasteiger partial charge is 0.493 e. The summed E-state index contributed by atoms with van der Waals surface area (Å²) in [5, 5.41) is 11.0. The standard InChI is InChI=1S/C28H33FN8O2/c1-2-35-10-12-36(13-11-35)9-4-14-39-24-7-8-25-26(16-24)30-20-31-28(25)34-23-17-32-37(18-23)19-27(38)33-22-6-3-5-21(29)15-22/h3,5-8,15-18,20H,2,4,9-14,19H2,1H3,(H,33,38)(H,30,31,34). The number of piperazine rings is 1. The lowest BCUT2D eigenvalue weighted by Gasteiger charge is -2.33. The molecule has 3 heterocycles. The number of likely N-dealkylation sites (N-methyl/N-ethyl adjacent to an activating group) is 1. The third-order valence-electron chi connectivity index (χ3n) is 6.72. The third kappa shape index (κ3) is 7.27.